The van der Waals surface area contributed by atoms with E-state index in [9.17, 15) is 0 Å². The zero-order valence-electron chi connectivity index (χ0n) is 10.2. The van der Waals surface area contributed by atoms with Crippen molar-refractivity contribution in [3.05, 3.63) is 29.8 Å². The van der Waals surface area contributed by atoms with Crippen LogP contribution in [0.4, 0.5) is 5.69 Å². The molecule has 0 saturated heterocycles. The number of hydrogen-bond donors (Lipinski definition) is 1. The van der Waals surface area contributed by atoms with Gasteiger partial charge in [-0.2, -0.15) is 5.26 Å². The zero-order chi connectivity index (χ0) is 11.8. The van der Waals surface area contributed by atoms with Crippen molar-refractivity contribution in [3.8, 4) is 6.07 Å². The van der Waals surface area contributed by atoms with E-state index in [1.165, 1.54) is 12.0 Å². The third-order valence-electron chi connectivity index (χ3n) is 2.69. The van der Waals surface area contributed by atoms with Crippen LogP contribution in [0.2, 0.25) is 0 Å². The van der Waals surface area contributed by atoms with Crippen molar-refractivity contribution >= 4 is 5.69 Å². The maximum absolute atomic E-state index is 8.67. The molecule has 1 aromatic carbocycles. The van der Waals surface area contributed by atoms with Crippen molar-refractivity contribution in [1.82, 2.24) is 0 Å². The van der Waals surface area contributed by atoms with Gasteiger partial charge in [-0.25, -0.2) is 0 Å². The average Bonchev–Trinajstić information content (AvgIpc) is 2.31. The summed E-state index contributed by atoms with van der Waals surface area (Å²) in [6.07, 6.45) is 3.85. The summed E-state index contributed by atoms with van der Waals surface area (Å²) in [5, 5.41) is 12.0. The molecule has 0 amide bonds. The number of anilines is 1. The lowest BCUT2D eigenvalue weighted by atomic mass is 10.1. The normalized spacial score (nSPS) is 11.8. The summed E-state index contributed by atoms with van der Waals surface area (Å²) >= 11 is 0. The van der Waals surface area contributed by atoms with Crippen LogP contribution >= 0.6 is 0 Å². The topological polar surface area (TPSA) is 35.8 Å². The molecule has 0 aliphatic rings. The minimum atomic E-state index is 0.266. The molecular formula is C14H20N2. The van der Waals surface area contributed by atoms with Gasteiger partial charge in [-0.3, -0.25) is 0 Å². The lowest BCUT2D eigenvalue weighted by Crippen LogP contribution is -2.17. The van der Waals surface area contributed by atoms with Gasteiger partial charge < -0.3 is 5.32 Å². The summed E-state index contributed by atoms with van der Waals surface area (Å²) in [4.78, 5) is 0. The fourth-order valence-corrected chi connectivity index (χ4v) is 1.70. The van der Waals surface area contributed by atoms with Crippen molar-refractivity contribution in [2.24, 2.45) is 0 Å². The predicted molar refractivity (Wildman–Crippen MR) is 68.4 cm³/mol. The Morgan fingerprint density at radius 3 is 2.44 bits per heavy atom. The molecule has 0 saturated carbocycles. The van der Waals surface area contributed by atoms with Gasteiger partial charge in [0, 0.05) is 11.7 Å². The molecule has 0 aliphatic carbocycles. The van der Waals surface area contributed by atoms with E-state index in [0.29, 0.717) is 6.42 Å². The second-order valence-electron chi connectivity index (χ2n) is 4.06. The van der Waals surface area contributed by atoms with Gasteiger partial charge in [-0.15, -0.1) is 0 Å². The number of rotatable bonds is 6. The summed E-state index contributed by atoms with van der Waals surface area (Å²) < 4.78 is 0. The molecule has 1 atom stereocenters. The van der Waals surface area contributed by atoms with Gasteiger partial charge in [0.05, 0.1) is 12.5 Å². The Kier molecular flexibility index (Phi) is 5.42. The van der Waals surface area contributed by atoms with Gasteiger partial charge in [0.25, 0.3) is 0 Å². The number of nitrogens with zero attached hydrogens (tertiary/aromatic N) is 1. The van der Waals surface area contributed by atoms with Crippen molar-refractivity contribution in [1.29, 1.82) is 5.26 Å². The minimum absolute atomic E-state index is 0.266. The molecule has 0 bridgehead atoms. The summed E-state index contributed by atoms with van der Waals surface area (Å²) in [5.41, 5.74) is 2.49. The maximum Gasteiger partial charge on any atom is 0.0643 e. The van der Waals surface area contributed by atoms with Gasteiger partial charge >= 0.3 is 0 Å². The summed E-state index contributed by atoms with van der Waals surface area (Å²) in [6.45, 7) is 4.28. The molecule has 1 N–H and O–H groups in total. The third kappa shape index (κ3) is 3.94. The van der Waals surface area contributed by atoms with Crippen LogP contribution in [0.25, 0.3) is 0 Å². The Hall–Kier alpha value is -1.49. The predicted octanol–water partition coefficient (Wildman–Crippen LogP) is 3.74. The van der Waals surface area contributed by atoms with E-state index >= 15 is 0 Å². The van der Waals surface area contributed by atoms with Gasteiger partial charge in [-0.05, 0) is 30.5 Å². The highest BCUT2D eigenvalue weighted by atomic mass is 14.9. The molecule has 0 aliphatic heterocycles. The average molecular weight is 216 g/mol. The molecule has 0 spiro atoms. The van der Waals surface area contributed by atoms with Crippen LogP contribution in [-0.2, 0) is 6.42 Å². The van der Waals surface area contributed by atoms with Gasteiger partial charge in [0.1, 0.15) is 0 Å². The molecule has 0 aromatic heterocycles. The second kappa shape index (κ2) is 6.90. The maximum atomic E-state index is 8.67. The number of hydrogen-bond acceptors (Lipinski definition) is 2. The first kappa shape index (κ1) is 12.6. The molecule has 1 rings (SSSR count). The first-order chi connectivity index (χ1) is 7.80. The van der Waals surface area contributed by atoms with Crippen LogP contribution in [0, 0.1) is 11.3 Å². The highest BCUT2D eigenvalue weighted by Gasteiger charge is 2.04. The van der Waals surface area contributed by atoms with E-state index in [2.05, 4.69) is 49.5 Å². The summed E-state index contributed by atoms with van der Waals surface area (Å²) in [5.74, 6) is 0. The molecule has 1 unspecified atom stereocenters. The Morgan fingerprint density at radius 2 is 1.94 bits per heavy atom. The molecule has 1 aromatic rings. The molecule has 2 heteroatoms. The van der Waals surface area contributed by atoms with Crippen LogP contribution in [0.1, 0.15) is 38.7 Å². The molecular weight excluding hydrogens is 196 g/mol. The lowest BCUT2D eigenvalue weighted by molar-refractivity contribution is 0.711. The molecule has 2 nitrogen and oxygen atoms in total. The number of aryl methyl sites for hydroxylation is 1. The molecule has 86 valence electrons. The van der Waals surface area contributed by atoms with E-state index in [4.69, 9.17) is 5.26 Å². The number of nitriles is 1. The highest BCUT2D eigenvalue weighted by molar-refractivity contribution is 5.45. The molecule has 16 heavy (non-hydrogen) atoms. The smallest absolute Gasteiger partial charge is 0.0643 e. The van der Waals surface area contributed by atoms with Gasteiger partial charge in [0.15, 0.2) is 0 Å². The first-order valence-electron chi connectivity index (χ1n) is 6.02. The Morgan fingerprint density at radius 1 is 1.25 bits per heavy atom. The summed E-state index contributed by atoms with van der Waals surface area (Å²) in [6, 6.07) is 11.0. The van der Waals surface area contributed by atoms with Crippen LogP contribution in [0.5, 0.6) is 0 Å². The van der Waals surface area contributed by atoms with Crippen molar-refractivity contribution in [3.63, 3.8) is 0 Å². The Bertz CT molecular complexity index is 335. The Labute approximate surface area is 98.3 Å². The lowest BCUT2D eigenvalue weighted by Gasteiger charge is -2.15. The van der Waals surface area contributed by atoms with E-state index in [-0.39, 0.29) is 6.04 Å². The van der Waals surface area contributed by atoms with E-state index in [0.717, 1.165) is 18.5 Å². The molecule has 0 fully saturated rings. The molecule has 0 radical (unpaired) electrons. The third-order valence-corrected chi connectivity index (χ3v) is 2.69. The van der Waals surface area contributed by atoms with Crippen LogP contribution in [0.15, 0.2) is 24.3 Å². The fraction of sp³-hybridized carbons (Fsp3) is 0.500. The van der Waals surface area contributed by atoms with Crippen LogP contribution in [-0.4, -0.2) is 6.04 Å². The fourth-order valence-electron chi connectivity index (χ4n) is 1.70. The highest BCUT2D eigenvalue weighted by Crippen LogP contribution is 2.14. The Balaban J connectivity index is 2.57. The standard InChI is InChI=1S/C14H20N2/c1-3-5-12-6-8-14(9-7-12)16-13(4-2)10-11-15/h6-9,13,16H,3-5,10H2,1-2H3. The van der Waals surface area contributed by atoms with Gasteiger partial charge in [0.2, 0.25) is 0 Å². The molecule has 0 heterocycles. The first-order valence-corrected chi connectivity index (χ1v) is 6.02. The van der Waals surface area contributed by atoms with E-state index < -0.39 is 0 Å². The van der Waals surface area contributed by atoms with Crippen LogP contribution < -0.4 is 5.32 Å². The van der Waals surface area contributed by atoms with E-state index in [1.807, 2.05) is 0 Å². The monoisotopic (exact) mass is 216 g/mol. The second-order valence-corrected chi connectivity index (χ2v) is 4.06. The van der Waals surface area contributed by atoms with Crippen molar-refractivity contribution < 1.29 is 0 Å². The largest absolute Gasteiger partial charge is 0.381 e. The van der Waals surface area contributed by atoms with Crippen LogP contribution in [0.3, 0.4) is 0 Å². The van der Waals surface area contributed by atoms with Crippen molar-refractivity contribution in [2.45, 2.75) is 45.6 Å². The minimum Gasteiger partial charge on any atom is -0.381 e. The van der Waals surface area contributed by atoms with E-state index in [1.54, 1.807) is 0 Å². The quantitative estimate of drug-likeness (QED) is 0.786. The number of nitrogens with one attached hydrogen (secondary N) is 1. The zero-order valence-corrected chi connectivity index (χ0v) is 10.2. The summed E-state index contributed by atoms with van der Waals surface area (Å²) in [7, 11) is 0. The van der Waals surface area contributed by atoms with Crippen molar-refractivity contribution in [2.75, 3.05) is 5.32 Å². The SMILES string of the molecule is CCCc1ccc(NC(CC)CC#N)cc1. The number of benzene rings is 1. The van der Waals surface area contributed by atoms with Gasteiger partial charge in [-0.1, -0.05) is 32.4 Å².